The van der Waals surface area contributed by atoms with E-state index < -0.39 is 0 Å². The van der Waals surface area contributed by atoms with Gasteiger partial charge in [0.05, 0.1) is 5.02 Å². The van der Waals surface area contributed by atoms with E-state index in [-0.39, 0.29) is 0 Å². The second-order valence-electron chi connectivity index (χ2n) is 3.53. The minimum Gasteiger partial charge on any atom is -0.313 e. The number of halogens is 1. The molecular formula is C11H14ClNS. The maximum atomic E-state index is 6.07. The highest BCUT2D eigenvalue weighted by Gasteiger charge is 2.14. The lowest BCUT2D eigenvalue weighted by Crippen LogP contribution is -2.23. The molecule has 0 bridgehead atoms. The molecule has 1 aliphatic rings. The highest BCUT2D eigenvalue weighted by Crippen LogP contribution is 2.28. The van der Waals surface area contributed by atoms with Crippen molar-refractivity contribution in [2.45, 2.75) is 23.8 Å². The first kappa shape index (κ1) is 10.3. The predicted octanol–water partition coefficient (Wildman–Crippen LogP) is 3.18. The average molecular weight is 228 g/mol. The highest BCUT2D eigenvalue weighted by molar-refractivity contribution is 7.99. The molecule has 14 heavy (non-hydrogen) atoms. The molecule has 76 valence electrons. The zero-order chi connectivity index (χ0) is 9.80. The van der Waals surface area contributed by atoms with Crippen molar-refractivity contribution in [2.75, 3.05) is 12.3 Å². The quantitative estimate of drug-likeness (QED) is 0.797. The molecule has 0 aromatic heterocycles. The maximum absolute atomic E-state index is 6.07. The van der Waals surface area contributed by atoms with Crippen LogP contribution in [-0.4, -0.2) is 18.3 Å². The van der Waals surface area contributed by atoms with Crippen molar-refractivity contribution in [3.63, 3.8) is 0 Å². The molecule has 1 heterocycles. The van der Waals surface area contributed by atoms with E-state index in [9.17, 15) is 0 Å². The topological polar surface area (TPSA) is 12.0 Å². The Bertz CT molecular complexity index is 297. The Labute approximate surface area is 94.2 Å². The number of nitrogens with one attached hydrogen (secondary N) is 1. The van der Waals surface area contributed by atoms with Crippen molar-refractivity contribution in [3.8, 4) is 0 Å². The van der Waals surface area contributed by atoms with Crippen molar-refractivity contribution in [3.05, 3.63) is 29.3 Å². The summed E-state index contributed by atoms with van der Waals surface area (Å²) in [6.07, 6.45) is 2.62. The van der Waals surface area contributed by atoms with Gasteiger partial charge < -0.3 is 5.32 Å². The van der Waals surface area contributed by atoms with E-state index in [1.54, 1.807) is 0 Å². The summed E-state index contributed by atoms with van der Waals surface area (Å²) >= 11 is 7.92. The Kier molecular flexibility index (Phi) is 3.74. The van der Waals surface area contributed by atoms with E-state index in [4.69, 9.17) is 11.6 Å². The molecule has 1 nitrogen and oxygen atoms in total. The average Bonchev–Trinajstić information content (AvgIpc) is 2.69. The molecule has 2 rings (SSSR count). The molecule has 0 spiro atoms. The van der Waals surface area contributed by atoms with Crippen LogP contribution in [0.5, 0.6) is 0 Å². The van der Waals surface area contributed by atoms with E-state index >= 15 is 0 Å². The van der Waals surface area contributed by atoms with Gasteiger partial charge in [0.25, 0.3) is 0 Å². The Morgan fingerprint density at radius 1 is 1.43 bits per heavy atom. The monoisotopic (exact) mass is 227 g/mol. The van der Waals surface area contributed by atoms with Crippen LogP contribution in [0.2, 0.25) is 5.02 Å². The van der Waals surface area contributed by atoms with Crippen molar-refractivity contribution >= 4 is 23.4 Å². The molecule has 1 aromatic rings. The third kappa shape index (κ3) is 2.66. The summed E-state index contributed by atoms with van der Waals surface area (Å²) in [6.45, 7) is 1.17. The number of benzene rings is 1. The fourth-order valence-corrected chi connectivity index (χ4v) is 3.00. The number of thioether (sulfide) groups is 1. The van der Waals surface area contributed by atoms with Crippen molar-refractivity contribution < 1.29 is 0 Å². The lowest BCUT2D eigenvalue weighted by molar-refractivity contribution is 0.674. The summed E-state index contributed by atoms with van der Waals surface area (Å²) in [5, 5.41) is 4.35. The minimum atomic E-state index is 0.677. The van der Waals surface area contributed by atoms with Crippen LogP contribution in [0.15, 0.2) is 29.2 Å². The Balaban J connectivity index is 1.88. The summed E-state index contributed by atoms with van der Waals surface area (Å²) in [6, 6.07) is 8.72. The molecule has 0 unspecified atom stereocenters. The molecule has 0 aliphatic carbocycles. The van der Waals surface area contributed by atoms with Gasteiger partial charge in [0, 0.05) is 16.7 Å². The van der Waals surface area contributed by atoms with E-state index in [1.165, 1.54) is 24.3 Å². The standard InChI is InChI=1S/C11H14ClNS/c12-10-5-1-2-6-11(10)14-8-9-4-3-7-13-9/h1-2,5-6,9,13H,3-4,7-8H2/t9-/m1/s1. The first-order valence-electron chi connectivity index (χ1n) is 4.97. The molecule has 0 radical (unpaired) electrons. The van der Waals surface area contributed by atoms with Crippen LogP contribution in [0, 0.1) is 0 Å². The van der Waals surface area contributed by atoms with Gasteiger partial charge in [-0.15, -0.1) is 11.8 Å². The Morgan fingerprint density at radius 2 is 2.29 bits per heavy atom. The molecule has 0 saturated carbocycles. The van der Waals surface area contributed by atoms with Crippen molar-refractivity contribution in [2.24, 2.45) is 0 Å². The van der Waals surface area contributed by atoms with Gasteiger partial charge in [-0.05, 0) is 31.5 Å². The largest absolute Gasteiger partial charge is 0.313 e. The van der Waals surface area contributed by atoms with Crippen LogP contribution in [-0.2, 0) is 0 Å². The van der Waals surface area contributed by atoms with E-state index in [1.807, 2.05) is 30.0 Å². The van der Waals surface area contributed by atoms with Gasteiger partial charge >= 0.3 is 0 Å². The van der Waals surface area contributed by atoms with Gasteiger partial charge in [0.2, 0.25) is 0 Å². The van der Waals surface area contributed by atoms with Gasteiger partial charge in [0.1, 0.15) is 0 Å². The summed E-state index contributed by atoms with van der Waals surface area (Å²) in [5.74, 6) is 1.13. The fraction of sp³-hybridized carbons (Fsp3) is 0.455. The maximum Gasteiger partial charge on any atom is 0.0541 e. The van der Waals surface area contributed by atoms with E-state index in [0.29, 0.717) is 6.04 Å². The third-order valence-electron chi connectivity index (χ3n) is 2.44. The van der Waals surface area contributed by atoms with Gasteiger partial charge in [0.15, 0.2) is 0 Å². The van der Waals surface area contributed by atoms with Crippen LogP contribution in [0.3, 0.4) is 0 Å². The van der Waals surface area contributed by atoms with E-state index in [0.717, 1.165) is 10.8 Å². The van der Waals surface area contributed by atoms with Gasteiger partial charge in [-0.3, -0.25) is 0 Å². The third-order valence-corrected chi connectivity index (χ3v) is 4.12. The minimum absolute atomic E-state index is 0.677. The second-order valence-corrected chi connectivity index (χ2v) is 5.00. The molecule has 1 fully saturated rings. The van der Waals surface area contributed by atoms with Gasteiger partial charge in [-0.2, -0.15) is 0 Å². The van der Waals surface area contributed by atoms with Crippen LogP contribution in [0.25, 0.3) is 0 Å². The lowest BCUT2D eigenvalue weighted by atomic mass is 10.3. The van der Waals surface area contributed by atoms with Crippen molar-refractivity contribution in [1.29, 1.82) is 0 Å². The summed E-state index contributed by atoms with van der Waals surface area (Å²) in [7, 11) is 0. The van der Waals surface area contributed by atoms with E-state index in [2.05, 4.69) is 11.4 Å². The molecule has 1 aliphatic heterocycles. The van der Waals surface area contributed by atoms with Crippen LogP contribution < -0.4 is 5.32 Å². The molecular weight excluding hydrogens is 214 g/mol. The van der Waals surface area contributed by atoms with Crippen LogP contribution >= 0.6 is 23.4 Å². The summed E-state index contributed by atoms with van der Waals surface area (Å²) in [5.41, 5.74) is 0. The highest BCUT2D eigenvalue weighted by atomic mass is 35.5. The van der Waals surface area contributed by atoms with Crippen molar-refractivity contribution in [1.82, 2.24) is 5.32 Å². The Morgan fingerprint density at radius 3 is 3.00 bits per heavy atom. The molecule has 0 amide bonds. The summed E-state index contributed by atoms with van der Waals surface area (Å²) < 4.78 is 0. The fourth-order valence-electron chi connectivity index (χ4n) is 1.65. The summed E-state index contributed by atoms with van der Waals surface area (Å²) in [4.78, 5) is 1.20. The SMILES string of the molecule is Clc1ccccc1SC[C@H]1CCCN1. The molecule has 1 saturated heterocycles. The van der Waals surface area contributed by atoms with Gasteiger partial charge in [-0.1, -0.05) is 23.7 Å². The molecule has 1 atom stereocenters. The number of hydrogen-bond acceptors (Lipinski definition) is 2. The lowest BCUT2D eigenvalue weighted by Gasteiger charge is -2.09. The number of rotatable bonds is 3. The normalized spacial score (nSPS) is 21.4. The zero-order valence-corrected chi connectivity index (χ0v) is 9.57. The first-order valence-corrected chi connectivity index (χ1v) is 6.33. The van der Waals surface area contributed by atoms with Crippen LogP contribution in [0.1, 0.15) is 12.8 Å². The number of hydrogen-bond donors (Lipinski definition) is 1. The van der Waals surface area contributed by atoms with Gasteiger partial charge in [-0.25, -0.2) is 0 Å². The smallest absolute Gasteiger partial charge is 0.0541 e. The Hall–Kier alpha value is -0.180. The first-order chi connectivity index (χ1) is 6.86. The zero-order valence-electron chi connectivity index (χ0n) is 8.00. The molecule has 3 heteroatoms. The second kappa shape index (κ2) is 5.06. The molecule has 1 N–H and O–H groups in total. The van der Waals surface area contributed by atoms with Crippen LogP contribution in [0.4, 0.5) is 0 Å². The predicted molar refractivity (Wildman–Crippen MR) is 63.2 cm³/mol. The molecule has 1 aromatic carbocycles.